The number of hydrogen-bond donors (Lipinski definition) is 2. The van der Waals surface area contributed by atoms with Gasteiger partial charge >= 0.3 is 6.18 Å². The number of nitrogens with one attached hydrogen (secondary N) is 2. The largest absolute Gasteiger partial charge is 0.618 e. The van der Waals surface area contributed by atoms with E-state index in [0.29, 0.717) is 6.04 Å². The predicted molar refractivity (Wildman–Crippen MR) is 122 cm³/mol. The Hall–Kier alpha value is -3.14. The lowest BCUT2D eigenvalue weighted by Gasteiger charge is -2.34. The van der Waals surface area contributed by atoms with Crippen LogP contribution >= 0.6 is 0 Å². The normalized spacial score (nSPS) is 23.1. The minimum Gasteiger partial charge on any atom is -0.618 e. The maximum atomic E-state index is 12.8. The molecule has 2 N–H and O–H groups in total. The summed E-state index contributed by atoms with van der Waals surface area (Å²) in [6.45, 7) is 1.28. The van der Waals surface area contributed by atoms with Crippen LogP contribution in [0.25, 0.3) is 0 Å². The highest BCUT2D eigenvalue weighted by atomic mass is 19.4. The lowest BCUT2D eigenvalue weighted by molar-refractivity contribution is -0.616. The van der Waals surface area contributed by atoms with Crippen LogP contribution in [0.2, 0.25) is 0 Å². The number of carbonyl (C=O) groups excluding carboxylic acids is 2. The van der Waals surface area contributed by atoms with Crippen LogP contribution in [-0.2, 0) is 11.0 Å². The molecule has 2 amide bonds. The summed E-state index contributed by atoms with van der Waals surface area (Å²) in [6.07, 6.45) is 1.68. The van der Waals surface area contributed by atoms with E-state index in [1.165, 1.54) is 12.3 Å². The average Bonchev–Trinajstić information content (AvgIpc) is 3.31. The summed E-state index contributed by atoms with van der Waals surface area (Å²) in [5, 5.41) is 17.3. The molecule has 10 heteroatoms. The topological polar surface area (TPSA) is 88.4 Å². The van der Waals surface area contributed by atoms with Crippen molar-refractivity contribution in [1.82, 2.24) is 15.5 Å². The van der Waals surface area contributed by atoms with Gasteiger partial charge in [0, 0.05) is 48.8 Å². The Labute approximate surface area is 201 Å². The van der Waals surface area contributed by atoms with Gasteiger partial charge in [-0.1, -0.05) is 12.1 Å². The zero-order valence-corrected chi connectivity index (χ0v) is 19.3. The quantitative estimate of drug-likeness (QED) is 0.482. The summed E-state index contributed by atoms with van der Waals surface area (Å²) < 4.78 is 39.5. The van der Waals surface area contributed by atoms with E-state index in [1.54, 1.807) is 6.07 Å². The fourth-order valence-electron chi connectivity index (χ4n) is 5.11. The molecule has 1 saturated heterocycles. The number of hydrogen-bond acceptors (Lipinski definition) is 4. The zero-order valence-electron chi connectivity index (χ0n) is 19.3. The van der Waals surface area contributed by atoms with Crippen molar-refractivity contribution in [2.45, 2.75) is 56.3 Å². The molecule has 1 aromatic heterocycles. The lowest BCUT2D eigenvalue weighted by Crippen LogP contribution is -2.44. The van der Waals surface area contributed by atoms with Crippen molar-refractivity contribution in [2.24, 2.45) is 0 Å². The van der Waals surface area contributed by atoms with Crippen molar-refractivity contribution in [3.05, 3.63) is 70.7 Å². The number of benzene rings is 1. The Morgan fingerprint density at radius 2 is 1.83 bits per heavy atom. The van der Waals surface area contributed by atoms with Crippen LogP contribution in [0.4, 0.5) is 13.2 Å². The Morgan fingerprint density at radius 3 is 2.54 bits per heavy atom. The van der Waals surface area contributed by atoms with Gasteiger partial charge in [0.1, 0.15) is 0 Å². The van der Waals surface area contributed by atoms with Crippen LogP contribution in [0.3, 0.4) is 0 Å². The van der Waals surface area contributed by atoms with E-state index in [4.69, 9.17) is 0 Å². The van der Waals surface area contributed by atoms with Crippen LogP contribution in [0.1, 0.15) is 59.6 Å². The van der Waals surface area contributed by atoms with Gasteiger partial charge < -0.3 is 15.8 Å². The second kappa shape index (κ2) is 10.6. The predicted octanol–water partition coefficient (Wildman–Crippen LogP) is 2.99. The van der Waals surface area contributed by atoms with Gasteiger partial charge in [-0.15, -0.1) is 0 Å². The Bertz CT molecular complexity index is 1050. The van der Waals surface area contributed by atoms with Gasteiger partial charge in [-0.25, -0.2) is 0 Å². The summed E-state index contributed by atoms with van der Waals surface area (Å²) in [5.41, 5.74) is -0.233. The van der Waals surface area contributed by atoms with Crippen LogP contribution < -0.4 is 15.4 Å². The van der Waals surface area contributed by atoms with Crippen molar-refractivity contribution in [1.29, 1.82) is 0 Å². The lowest BCUT2D eigenvalue weighted by atomic mass is 9.83. The van der Waals surface area contributed by atoms with Gasteiger partial charge in [0.25, 0.3) is 5.91 Å². The molecule has 1 aliphatic heterocycles. The van der Waals surface area contributed by atoms with Crippen molar-refractivity contribution < 1.29 is 27.5 Å². The maximum absolute atomic E-state index is 12.8. The van der Waals surface area contributed by atoms with E-state index in [-0.39, 0.29) is 30.0 Å². The smallest absolute Gasteiger partial charge is 0.416 e. The van der Waals surface area contributed by atoms with Crippen LogP contribution in [-0.4, -0.2) is 48.4 Å². The highest BCUT2D eigenvalue weighted by Crippen LogP contribution is 2.34. The number of aromatic nitrogens is 1. The molecule has 4 rings (SSSR count). The second-order valence-electron chi connectivity index (χ2n) is 9.27. The minimum absolute atomic E-state index is 0.0383. The van der Waals surface area contributed by atoms with E-state index >= 15 is 0 Å². The maximum Gasteiger partial charge on any atom is 0.416 e. The first-order valence-corrected chi connectivity index (χ1v) is 11.9. The number of rotatable bonds is 6. The van der Waals surface area contributed by atoms with Crippen LogP contribution in [0.5, 0.6) is 0 Å². The molecule has 2 fully saturated rings. The molecule has 1 aliphatic carbocycles. The Balaban J connectivity index is 1.20. The van der Waals surface area contributed by atoms with E-state index in [2.05, 4.69) is 15.5 Å². The van der Waals surface area contributed by atoms with Crippen LogP contribution in [0, 0.1) is 5.21 Å². The van der Waals surface area contributed by atoms with E-state index in [9.17, 15) is 28.0 Å². The monoisotopic (exact) mass is 490 g/mol. The molecular formula is C25H29F3N4O3. The van der Waals surface area contributed by atoms with Crippen molar-refractivity contribution in [3.63, 3.8) is 0 Å². The molecule has 7 nitrogen and oxygen atoms in total. The van der Waals surface area contributed by atoms with Gasteiger partial charge in [-0.3, -0.25) is 14.5 Å². The first-order valence-electron chi connectivity index (χ1n) is 11.9. The third-order valence-electron chi connectivity index (χ3n) is 6.93. The van der Waals surface area contributed by atoms with E-state index in [0.717, 1.165) is 73.8 Å². The molecule has 1 aromatic carbocycles. The molecule has 0 radical (unpaired) electrons. The highest BCUT2D eigenvalue weighted by molar-refractivity contribution is 5.96. The zero-order chi connectivity index (χ0) is 25.0. The fraction of sp³-hybridized carbons (Fsp3) is 0.480. The van der Waals surface area contributed by atoms with E-state index in [1.807, 2.05) is 12.1 Å². The summed E-state index contributed by atoms with van der Waals surface area (Å²) in [6, 6.07) is 10.0. The van der Waals surface area contributed by atoms with Gasteiger partial charge in [-0.05, 0) is 50.3 Å². The molecule has 0 unspecified atom stereocenters. The molecule has 0 bridgehead atoms. The first kappa shape index (κ1) is 25.0. The molecule has 2 aliphatic rings. The first-order chi connectivity index (χ1) is 16.7. The summed E-state index contributed by atoms with van der Waals surface area (Å²) >= 11 is 0. The molecule has 188 valence electrons. The third-order valence-corrected chi connectivity index (χ3v) is 6.93. The van der Waals surface area contributed by atoms with E-state index < -0.39 is 17.6 Å². The third kappa shape index (κ3) is 6.30. The van der Waals surface area contributed by atoms with Gasteiger partial charge in [0.15, 0.2) is 11.9 Å². The molecule has 1 saturated carbocycles. The standard InChI is InChI=1S/C25H29F3N4O3/c26-25(27,28)19-5-3-4-18(14-19)24(34)29-15-23(33)30-20-11-13-31(16-20)21-9-7-17(8-10-21)22-6-1-2-12-32(22)35/h1-6,12,14,17,20-21H,7-11,13,15-16H2,(H,29,34)(H,30,33)/t17?,20-,21?/m1/s1. The number of alkyl halides is 3. The average molecular weight is 491 g/mol. The van der Waals surface area contributed by atoms with Crippen LogP contribution in [0.15, 0.2) is 48.7 Å². The number of nitrogens with zero attached hydrogens (tertiary/aromatic N) is 2. The highest BCUT2D eigenvalue weighted by Gasteiger charge is 2.34. The summed E-state index contributed by atoms with van der Waals surface area (Å²) in [4.78, 5) is 26.9. The van der Waals surface area contributed by atoms with Crippen molar-refractivity contribution >= 4 is 11.8 Å². The van der Waals surface area contributed by atoms with Crippen molar-refractivity contribution in [3.8, 4) is 0 Å². The molecule has 35 heavy (non-hydrogen) atoms. The van der Waals surface area contributed by atoms with Gasteiger partial charge in [0.2, 0.25) is 5.91 Å². The SMILES string of the molecule is O=C(CNC(=O)c1cccc(C(F)(F)F)c1)N[C@@H]1CCN(C2CCC(c3cccc[n+]3[O-])CC2)C1. The van der Waals surface area contributed by atoms with Crippen molar-refractivity contribution in [2.75, 3.05) is 19.6 Å². The Kier molecular flexibility index (Phi) is 7.59. The number of halogens is 3. The van der Waals surface area contributed by atoms with Gasteiger partial charge in [-0.2, -0.15) is 17.9 Å². The number of likely N-dealkylation sites (tertiary alicyclic amines) is 1. The molecule has 2 aromatic rings. The number of carbonyl (C=O) groups is 2. The molecular weight excluding hydrogens is 461 g/mol. The number of amides is 2. The summed E-state index contributed by atoms with van der Waals surface area (Å²) in [7, 11) is 0. The molecule has 2 heterocycles. The summed E-state index contributed by atoms with van der Waals surface area (Å²) in [5.74, 6) is -0.831. The number of pyridine rings is 1. The fourth-order valence-corrected chi connectivity index (χ4v) is 5.11. The van der Waals surface area contributed by atoms with Gasteiger partial charge in [0.05, 0.1) is 12.1 Å². The molecule has 1 atom stereocenters. The second-order valence-corrected chi connectivity index (χ2v) is 9.27. The Morgan fingerprint density at radius 1 is 1.06 bits per heavy atom. The molecule has 0 spiro atoms. The minimum atomic E-state index is -4.54.